The summed E-state index contributed by atoms with van der Waals surface area (Å²) in [6, 6.07) is 14.9. The Labute approximate surface area is 176 Å². The summed E-state index contributed by atoms with van der Waals surface area (Å²) >= 11 is 6.03. The highest BCUT2D eigenvalue weighted by atomic mass is 35.5. The van der Waals surface area contributed by atoms with Gasteiger partial charge in [-0.15, -0.1) is 0 Å². The molecule has 1 amide bonds. The van der Waals surface area contributed by atoms with E-state index < -0.39 is 6.10 Å². The van der Waals surface area contributed by atoms with Crippen LogP contribution in [0.1, 0.15) is 18.4 Å². The lowest BCUT2D eigenvalue weighted by atomic mass is 9.78. The Morgan fingerprint density at radius 2 is 1.83 bits per heavy atom. The fourth-order valence-corrected chi connectivity index (χ4v) is 4.68. The topological polar surface area (TPSA) is 59.0 Å². The van der Waals surface area contributed by atoms with E-state index in [0.717, 1.165) is 24.3 Å². The molecular formula is C23H26ClNO4. The van der Waals surface area contributed by atoms with E-state index >= 15 is 0 Å². The molecule has 0 spiro atoms. The predicted molar refractivity (Wildman–Crippen MR) is 111 cm³/mol. The van der Waals surface area contributed by atoms with E-state index in [-0.39, 0.29) is 12.0 Å². The summed E-state index contributed by atoms with van der Waals surface area (Å²) in [5.41, 5.74) is 0.950. The van der Waals surface area contributed by atoms with Crippen molar-refractivity contribution in [2.75, 3.05) is 20.2 Å². The summed E-state index contributed by atoms with van der Waals surface area (Å²) in [4.78, 5) is 14.8. The van der Waals surface area contributed by atoms with Gasteiger partial charge in [0.1, 0.15) is 17.6 Å². The fourth-order valence-electron chi connectivity index (χ4n) is 4.50. The summed E-state index contributed by atoms with van der Waals surface area (Å²) in [5, 5.41) is 11.2. The lowest BCUT2D eigenvalue weighted by Gasteiger charge is -2.35. The van der Waals surface area contributed by atoms with Gasteiger partial charge in [-0.05, 0) is 60.6 Å². The van der Waals surface area contributed by atoms with Crippen molar-refractivity contribution in [3.05, 3.63) is 59.1 Å². The standard InChI is InChI=1S/C23H26ClNO4/c1-28-19-6-2-4-15(8-19)9-23(27)25-13-16-10-21(26)22(11-17(16)14-25)29-20-7-3-5-18(24)12-20/h2-8,12,16-17,21-22,26H,9-11,13-14H2,1H3/t16-,17+,21+,22+/m0/s1. The number of rotatable bonds is 5. The first-order valence-corrected chi connectivity index (χ1v) is 10.4. The van der Waals surface area contributed by atoms with Crippen molar-refractivity contribution < 1.29 is 19.4 Å². The maximum Gasteiger partial charge on any atom is 0.227 e. The molecule has 1 saturated heterocycles. The average molecular weight is 416 g/mol. The molecule has 154 valence electrons. The summed E-state index contributed by atoms with van der Waals surface area (Å²) in [5.74, 6) is 2.21. The number of fused-ring (bicyclic) bond motifs is 1. The molecule has 1 N–H and O–H groups in total. The van der Waals surface area contributed by atoms with Gasteiger partial charge in [-0.25, -0.2) is 0 Å². The summed E-state index contributed by atoms with van der Waals surface area (Å²) in [6.07, 6.45) is 0.939. The highest BCUT2D eigenvalue weighted by Crippen LogP contribution is 2.38. The minimum absolute atomic E-state index is 0.120. The van der Waals surface area contributed by atoms with Crippen molar-refractivity contribution in [3.63, 3.8) is 0 Å². The lowest BCUT2D eigenvalue weighted by Crippen LogP contribution is -2.42. The van der Waals surface area contributed by atoms with Crippen molar-refractivity contribution >= 4 is 17.5 Å². The third-order valence-corrected chi connectivity index (χ3v) is 6.25. The molecule has 0 aromatic heterocycles. The minimum atomic E-state index is -0.538. The van der Waals surface area contributed by atoms with E-state index in [1.807, 2.05) is 41.3 Å². The van der Waals surface area contributed by atoms with Gasteiger partial charge >= 0.3 is 0 Å². The Hall–Kier alpha value is -2.24. The van der Waals surface area contributed by atoms with E-state index in [4.69, 9.17) is 21.1 Å². The number of hydrogen-bond donors (Lipinski definition) is 1. The van der Waals surface area contributed by atoms with Gasteiger partial charge in [-0.3, -0.25) is 4.79 Å². The third kappa shape index (κ3) is 4.68. The summed E-state index contributed by atoms with van der Waals surface area (Å²) < 4.78 is 11.3. The molecule has 6 heteroatoms. The highest BCUT2D eigenvalue weighted by Gasteiger charge is 2.43. The lowest BCUT2D eigenvalue weighted by molar-refractivity contribution is -0.129. The number of hydrogen-bond acceptors (Lipinski definition) is 4. The Balaban J connectivity index is 1.37. The first-order valence-electron chi connectivity index (χ1n) is 10.0. The van der Waals surface area contributed by atoms with Crippen molar-refractivity contribution in [2.24, 2.45) is 11.8 Å². The Bertz CT molecular complexity index is 873. The van der Waals surface area contributed by atoms with Crippen LogP contribution in [0.4, 0.5) is 0 Å². The molecule has 1 saturated carbocycles. The van der Waals surface area contributed by atoms with Gasteiger partial charge in [0.15, 0.2) is 0 Å². The van der Waals surface area contributed by atoms with E-state index in [2.05, 4.69) is 0 Å². The van der Waals surface area contributed by atoms with Gasteiger partial charge in [0.25, 0.3) is 0 Å². The van der Waals surface area contributed by atoms with Crippen molar-refractivity contribution in [3.8, 4) is 11.5 Å². The number of nitrogens with zero attached hydrogens (tertiary/aromatic N) is 1. The molecule has 29 heavy (non-hydrogen) atoms. The van der Waals surface area contributed by atoms with Crippen molar-refractivity contribution in [2.45, 2.75) is 31.5 Å². The van der Waals surface area contributed by atoms with Crippen LogP contribution in [-0.2, 0) is 11.2 Å². The molecule has 0 bridgehead atoms. The van der Waals surface area contributed by atoms with Crippen LogP contribution in [0.15, 0.2) is 48.5 Å². The van der Waals surface area contributed by atoms with Gasteiger partial charge in [-0.1, -0.05) is 29.8 Å². The Morgan fingerprint density at radius 3 is 2.59 bits per heavy atom. The van der Waals surface area contributed by atoms with Gasteiger partial charge in [-0.2, -0.15) is 0 Å². The molecule has 5 nitrogen and oxygen atoms in total. The number of carbonyl (C=O) groups excluding carboxylic acids is 1. The molecule has 1 heterocycles. The average Bonchev–Trinajstić information content (AvgIpc) is 3.11. The second kappa shape index (κ2) is 8.64. The smallest absolute Gasteiger partial charge is 0.227 e. The van der Waals surface area contributed by atoms with Gasteiger partial charge in [0, 0.05) is 18.1 Å². The number of ether oxygens (including phenoxy) is 2. The van der Waals surface area contributed by atoms with E-state index in [0.29, 0.717) is 42.0 Å². The summed E-state index contributed by atoms with van der Waals surface area (Å²) in [6.45, 7) is 1.42. The molecule has 4 rings (SSSR count). The highest BCUT2D eigenvalue weighted by molar-refractivity contribution is 6.30. The third-order valence-electron chi connectivity index (χ3n) is 6.01. The zero-order chi connectivity index (χ0) is 20.4. The number of halogens is 1. The largest absolute Gasteiger partial charge is 0.497 e. The number of aliphatic hydroxyl groups is 1. The molecule has 2 aromatic rings. The van der Waals surface area contributed by atoms with Crippen molar-refractivity contribution in [1.82, 2.24) is 4.90 Å². The maximum atomic E-state index is 12.8. The molecular weight excluding hydrogens is 390 g/mol. The molecule has 1 aliphatic carbocycles. The zero-order valence-corrected chi connectivity index (χ0v) is 17.2. The maximum absolute atomic E-state index is 12.8. The van der Waals surface area contributed by atoms with Crippen LogP contribution < -0.4 is 9.47 Å². The predicted octanol–water partition coefficient (Wildman–Crippen LogP) is 3.57. The molecule has 2 fully saturated rings. The molecule has 4 atom stereocenters. The second-order valence-electron chi connectivity index (χ2n) is 8.00. The zero-order valence-electron chi connectivity index (χ0n) is 16.5. The Kier molecular flexibility index (Phi) is 5.97. The Morgan fingerprint density at radius 1 is 1.10 bits per heavy atom. The number of benzene rings is 2. The monoisotopic (exact) mass is 415 g/mol. The van der Waals surface area contributed by atoms with Gasteiger partial charge in [0.05, 0.1) is 19.6 Å². The van der Waals surface area contributed by atoms with Crippen molar-refractivity contribution in [1.29, 1.82) is 0 Å². The minimum Gasteiger partial charge on any atom is -0.497 e. The molecule has 2 aromatic carbocycles. The van der Waals surface area contributed by atoms with Crippen LogP contribution >= 0.6 is 11.6 Å². The van der Waals surface area contributed by atoms with Gasteiger partial charge < -0.3 is 19.5 Å². The van der Waals surface area contributed by atoms with Crippen LogP contribution in [0.25, 0.3) is 0 Å². The van der Waals surface area contributed by atoms with Crippen LogP contribution in [-0.4, -0.2) is 48.3 Å². The first-order chi connectivity index (χ1) is 14.0. The first kappa shape index (κ1) is 20.0. The van der Waals surface area contributed by atoms with E-state index in [1.54, 1.807) is 19.2 Å². The quantitative estimate of drug-likeness (QED) is 0.811. The number of aliphatic hydroxyl groups excluding tert-OH is 1. The molecule has 0 radical (unpaired) electrons. The van der Waals surface area contributed by atoms with Gasteiger partial charge in [0.2, 0.25) is 5.91 Å². The number of carbonyl (C=O) groups is 1. The van der Waals surface area contributed by atoms with Crippen LogP contribution in [0.2, 0.25) is 5.02 Å². The summed E-state index contributed by atoms with van der Waals surface area (Å²) in [7, 11) is 1.62. The second-order valence-corrected chi connectivity index (χ2v) is 8.44. The van der Waals surface area contributed by atoms with Crippen LogP contribution in [0.3, 0.4) is 0 Å². The number of methoxy groups -OCH3 is 1. The number of amides is 1. The molecule has 1 aliphatic heterocycles. The van der Waals surface area contributed by atoms with Crippen LogP contribution in [0, 0.1) is 11.8 Å². The molecule has 2 aliphatic rings. The van der Waals surface area contributed by atoms with E-state index in [9.17, 15) is 9.90 Å². The normalized spacial score (nSPS) is 26.1. The van der Waals surface area contributed by atoms with E-state index in [1.165, 1.54) is 0 Å². The molecule has 0 unspecified atom stereocenters. The SMILES string of the molecule is COc1cccc(CC(=O)N2C[C@H]3C[C@@H](Oc4cccc(Cl)c4)[C@H](O)C[C@H]3C2)c1. The fraction of sp³-hybridized carbons (Fsp3) is 0.435. The van der Waals surface area contributed by atoms with Crippen LogP contribution in [0.5, 0.6) is 11.5 Å². The number of likely N-dealkylation sites (tertiary alicyclic amines) is 1.